The van der Waals surface area contributed by atoms with Gasteiger partial charge in [0.2, 0.25) is 0 Å². The third-order valence-corrected chi connectivity index (χ3v) is 4.08. The van der Waals surface area contributed by atoms with Crippen LogP contribution in [0.4, 0.5) is 13.2 Å². The molecule has 0 saturated heterocycles. The third kappa shape index (κ3) is 4.10. The highest BCUT2D eigenvalue weighted by molar-refractivity contribution is 8.00. The van der Waals surface area contributed by atoms with Crippen LogP contribution in [0, 0.1) is 0 Å². The standard InChI is InChI=1S/C15H18F3N3O4S/c1-5-25-8(2)9-6-10-12(7-11(9)15(16,17)18)19-14(23)21(13(10)22)20-26(3,4)24/h6-8H,3,5H2,1-2,4H3,(H,19,23)(H,20,24). The van der Waals surface area contributed by atoms with Gasteiger partial charge in [-0.25, -0.2) is 13.8 Å². The molecule has 0 fully saturated rings. The van der Waals surface area contributed by atoms with E-state index in [1.165, 1.54) is 13.2 Å². The van der Waals surface area contributed by atoms with Gasteiger partial charge in [-0.05, 0) is 37.4 Å². The fourth-order valence-electron chi connectivity index (χ4n) is 2.48. The molecule has 1 aromatic carbocycles. The predicted molar refractivity (Wildman–Crippen MR) is 94.4 cm³/mol. The van der Waals surface area contributed by atoms with Crippen LogP contribution in [0.2, 0.25) is 0 Å². The molecular formula is C15H18F3N3O4S. The monoisotopic (exact) mass is 393 g/mol. The fourth-order valence-corrected chi connectivity index (χ4v) is 3.03. The first-order chi connectivity index (χ1) is 11.8. The van der Waals surface area contributed by atoms with Crippen molar-refractivity contribution in [3.63, 3.8) is 0 Å². The number of ether oxygens (including phenoxy) is 1. The summed E-state index contributed by atoms with van der Waals surface area (Å²) in [5, 5.41) is -0.185. The van der Waals surface area contributed by atoms with E-state index in [1.807, 2.05) is 0 Å². The van der Waals surface area contributed by atoms with Crippen LogP contribution in [-0.4, -0.2) is 32.6 Å². The molecule has 2 rings (SSSR count). The quantitative estimate of drug-likeness (QED) is 0.755. The minimum absolute atomic E-state index is 0.174. The minimum Gasteiger partial charge on any atom is -0.374 e. The average Bonchev–Trinajstić information content (AvgIpc) is 2.49. The molecule has 0 saturated carbocycles. The van der Waals surface area contributed by atoms with Crippen molar-refractivity contribution in [1.29, 1.82) is 0 Å². The lowest BCUT2D eigenvalue weighted by molar-refractivity contribution is -0.139. The zero-order chi connectivity index (χ0) is 19.9. The Hall–Kier alpha value is -2.27. The topological polar surface area (TPSA) is 93.2 Å². The zero-order valence-corrected chi connectivity index (χ0v) is 15.1. The summed E-state index contributed by atoms with van der Waals surface area (Å²) in [5.74, 6) is 3.28. The fraction of sp³-hybridized carbons (Fsp3) is 0.400. The van der Waals surface area contributed by atoms with Gasteiger partial charge in [0, 0.05) is 12.9 Å². The van der Waals surface area contributed by atoms with Crippen LogP contribution in [0.25, 0.3) is 10.9 Å². The number of nitrogens with zero attached hydrogens (tertiary/aromatic N) is 1. The van der Waals surface area contributed by atoms with Crippen molar-refractivity contribution in [1.82, 2.24) is 9.66 Å². The molecule has 1 heterocycles. The maximum Gasteiger partial charge on any atom is 0.416 e. The predicted octanol–water partition coefficient (Wildman–Crippen LogP) is 1.61. The Kier molecular flexibility index (Phi) is 5.24. The lowest BCUT2D eigenvalue weighted by Gasteiger charge is -2.19. The van der Waals surface area contributed by atoms with Crippen LogP contribution in [0.3, 0.4) is 0 Å². The maximum atomic E-state index is 13.4. The van der Waals surface area contributed by atoms with Gasteiger partial charge in [0.25, 0.3) is 5.56 Å². The molecule has 0 bridgehead atoms. The highest BCUT2D eigenvalue weighted by Crippen LogP contribution is 2.37. The summed E-state index contributed by atoms with van der Waals surface area (Å²) < 4.78 is 57.6. The molecule has 0 spiro atoms. The van der Waals surface area contributed by atoms with Gasteiger partial charge in [0.15, 0.2) is 0 Å². The van der Waals surface area contributed by atoms with Crippen molar-refractivity contribution in [2.24, 2.45) is 0 Å². The van der Waals surface area contributed by atoms with Gasteiger partial charge in [-0.15, -0.1) is 0 Å². The Morgan fingerprint density at radius 1 is 1.38 bits per heavy atom. The van der Waals surface area contributed by atoms with E-state index in [2.05, 4.69) is 15.7 Å². The maximum absolute atomic E-state index is 13.4. The van der Waals surface area contributed by atoms with E-state index in [9.17, 15) is 27.0 Å². The van der Waals surface area contributed by atoms with Gasteiger partial charge in [-0.3, -0.25) is 4.79 Å². The van der Waals surface area contributed by atoms with Gasteiger partial charge >= 0.3 is 11.9 Å². The van der Waals surface area contributed by atoms with Crippen molar-refractivity contribution in [2.45, 2.75) is 26.1 Å². The van der Waals surface area contributed by atoms with Crippen molar-refractivity contribution >= 4 is 26.5 Å². The summed E-state index contributed by atoms with van der Waals surface area (Å²) in [4.78, 5) is 28.9. The summed E-state index contributed by atoms with van der Waals surface area (Å²) in [7, 11) is -2.97. The van der Waals surface area contributed by atoms with Gasteiger partial charge in [0.05, 0.1) is 32.3 Å². The molecule has 7 nitrogen and oxygen atoms in total. The van der Waals surface area contributed by atoms with Crippen LogP contribution in [0.15, 0.2) is 21.7 Å². The Labute approximate surface area is 146 Å². The molecule has 0 aliphatic rings. The highest BCUT2D eigenvalue weighted by atomic mass is 32.2. The number of benzene rings is 1. The second-order valence-electron chi connectivity index (χ2n) is 5.75. The van der Waals surface area contributed by atoms with Crippen molar-refractivity contribution in [3.8, 4) is 0 Å². The molecule has 2 atom stereocenters. The Morgan fingerprint density at radius 2 is 2.00 bits per heavy atom. The molecule has 144 valence electrons. The highest BCUT2D eigenvalue weighted by Gasteiger charge is 2.35. The number of rotatable bonds is 5. The number of hydrogen-bond acceptors (Lipinski definition) is 4. The Morgan fingerprint density at radius 3 is 2.50 bits per heavy atom. The van der Waals surface area contributed by atoms with E-state index in [1.54, 1.807) is 6.92 Å². The number of H-pyrrole nitrogens is 1. The molecule has 2 unspecified atom stereocenters. The molecule has 26 heavy (non-hydrogen) atoms. The van der Waals surface area contributed by atoms with E-state index in [-0.39, 0.29) is 23.1 Å². The van der Waals surface area contributed by atoms with Gasteiger partial charge in [-0.2, -0.15) is 17.8 Å². The van der Waals surface area contributed by atoms with Gasteiger partial charge < -0.3 is 9.72 Å². The summed E-state index contributed by atoms with van der Waals surface area (Å²) in [6.07, 6.45) is -4.47. The smallest absolute Gasteiger partial charge is 0.374 e. The van der Waals surface area contributed by atoms with Crippen LogP contribution >= 0.6 is 0 Å². The second kappa shape index (κ2) is 6.80. The summed E-state index contributed by atoms with van der Waals surface area (Å²) >= 11 is 0. The first-order valence-corrected chi connectivity index (χ1v) is 9.60. The van der Waals surface area contributed by atoms with Crippen molar-refractivity contribution in [3.05, 3.63) is 44.1 Å². The molecule has 0 aliphatic heterocycles. The lowest BCUT2D eigenvalue weighted by Crippen LogP contribution is -2.43. The normalized spacial score (nSPS) is 15.6. The zero-order valence-electron chi connectivity index (χ0n) is 14.3. The SMILES string of the molecule is C=S(C)(=O)Nn1c(=O)[nH]c2cc(C(F)(F)F)c(C(C)OCC)cc2c1=O. The van der Waals surface area contributed by atoms with Crippen molar-refractivity contribution < 1.29 is 22.1 Å². The molecule has 11 heteroatoms. The van der Waals surface area contributed by atoms with Crippen LogP contribution < -0.4 is 16.1 Å². The van der Waals surface area contributed by atoms with E-state index >= 15 is 0 Å². The van der Waals surface area contributed by atoms with E-state index in [4.69, 9.17) is 4.74 Å². The number of aromatic amines is 1. The van der Waals surface area contributed by atoms with E-state index in [0.29, 0.717) is 10.7 Å². The number of nitrogens with one attached hydrogen (secondary N) is 2. The molecule has 2 aromatic rings. The largest absolute Gasteiger partial charge is 0.416 e. The summed E-state index contributed by atoms with van der Waals surface area (Å²) in [6.45, 7) is 3.23. The Bertz CT molecular complexity index is 1050. The number of fused-ring (bicyclic) bond motifs is 1. The average molecular weight is 393 g/mol. The number of aromatic nitrogens is 2. The van der Waals surface area contributed by atoms with Crippen LogP contribution in [0.1, 0.15) is 31.1 Å². The second-order valence-corrected chi connectivity index (χ2v) is 7.94. The molecule has 2 N–H and O–H groups in total. The molecule has 0 amide bonds. The van der Waals surface area contributed by atoms with Crippen molar-refractivity contribution in [2.75, 3.05) is 17.7 Å². The molecular weight excluding hydrogens is 375 g/mol. The van der Waals surface area contributed by atoms with Crippen LogP contribution in [0.5, 0.6) is 0 Å². The minimum atomic E-state index is -4.70. The molecule has 0 aliphatic carbocycles. The number of halogens is 3. The number of alkyl halides is 3. The number of hydrogen-bond donors (Lipinski definition) is 2. The molecule has 1 aromatic heterocycles. The first kappa shape index (κ1) is 20.0. The van der Waals surface area contributed by atoms with E-state index in [0.717, 1.165) is 6.07 Å². The Balaban J connectivity index is 2.86. The summed E-state index contributed by atoms with van der Waals surface area (Å²) in [6, 6.07) is 1.72. The van der Waals surface area contributed by atoms with Gasteiger partial charge in [0.1, 0.15) is 0 Å². The first-order valence-electron chi connectivity index (χ1n) is 7.47. The third-order valence-electron chi connectivity index (χ3n) is 3.51. The summed E-state index contributed by atoms with van der Waals surface area (Å²) in [5.41, 5.74) is -3.54. The molecule has 0 radical (unpaired) electrons. The van der Waals surface area contributed by atoms with Crippen LogP contribution in [-0.2, 0) is 20.6 Å². The lowest BCUT2D eigenvalue weighted by atomic mass is 10.00. The van der Waals surface area contributed by atoms with Gasteiger partial charge in [-0.1, -0.05) is 0 Å². The van der Waals surface area contributed by atoms with E-state index < -0.39 is 38.8 Å².